The summed E-state index contributed by atoms with van der Waals surface area (Å²) in [7, 11) is 0. The molecular weight excluding hydrogens is 364 g/mol. The molecule has 4 aromatic rings. The Morgan fingerprint density at radius 1 is 0.931 bits per heavy atom. The van der Waals surface area contributed by atoms with Gasteiger partial charge in [0.2, 0.25) is 6.79 Å². The zero-order chi connectivity index (χ0) is 19.8. The van der Waals surface area contributed by atoms with Crippen LogP contribution in [0, 0.1) is 18.3 Å². The molecule has 0 saturated heterocycles. The highest BCUT2D eigenvalue weighted by Gasteiger charge is 2.18. The van der Waals surface area contributed by atoms with E-state index in [1.165, 1.54) is 0 Å². The highest BCUT2D eigenvalue weighted by atomic mass is 16.7. The molecule has 0 saturated carbocycles. The maximum absolute atomic E-state index is 9.05. The topological polar surface area (TPSA) is 73.0 Å². The number of nitrogens with zero attached hydrogens (tertiary/aromatic N) is 4. The van der Waals surface area contributed by atoms with Gasteiger partial charge in [-0.1, -0.05) is 18.2 Å². The molecule has 29 heavy (non-hydrogen) atoms. The van der Waals surface area contributed by atoms with Gasteiger partial charge >= 0.3 is 0 Å². The molecule has 6 heteroatoms. The Kier molecular flexibility index (Phi) is 3.99. The van der Waals surface area contributed by atoms with Gasteiger partial charge in [0.1, 0.15) is 0 Å². The van der Waals surface area contributed by atoms with E-state index in [0.717, 1.165) is 39.8 Å². The predicted octanol–water partition coefficient (Wildman–Crippen LogP) is 4.51. The molecule has 2 aromatic carbocycles. The molecule has 6 nitrogen and oxygen atoms in total. The Hall–Kier alpha value is -4.11. The van der Waals surface area contributed by atoms with Crippen molar-refractivity contribution in [1.29, 1.82) is 5.26 Å². The maximum atomic E-state index is 9.05. The first-order chi connectivity index (χ1) is 14.2. The monoisotopic (exact) mass is 380 g/mol. The van der Waals surface area contributed by atoms with Gasteiger partial charge in [-0.15, -0.1) is 0 Å². The average molecular weight is 380 g/mol. The highest BCUT2D eigenvalue weighted by Crippen LogP contribution is 2.37. The van der Waals surface area contributed by atoms with Crippen LogP contribution in [0.25, 0.3) is 28.3 Å². The largest absolute Gasteiger partial charge is 0.454 e. The molecule has 1 aliphatic rings. The summed E-state index contributed by atoms with van der Waals surface area (Å²) in [5.41, 5.74) is 5.09. The minimum absolute atomic E-state index is 0.230. The molecule has 1 aliphatic heterocycles. The van der Waals surface area contributed by atoms with Gasteiger partial charge in [-0.25, -0.2) is 9.67 Å². The van der Waals surface area contributed by atoms with Crippen LogP contribution in [0.4, 0.5) is 0 Å². The van der Waals surface area contributed by atoms with Crippen molar-refractivity contribution in [3.8, 4) is 45.9 Å². The van der Waals surface area contributed by atoms with Gasteiger partial charge in [0, 0.05) is 16.8 Å². The van der Waals surface area contributed by atoms with Gasteiger partial charge in [-0.3, -0.25) is 0 Å². The summed E-state index contributed by atoms with van der Waals surface area (Å²) in [6.07, 6.45) is 0. The van der Waals surface area contributed by atoms with Crippen LogP contribution in [-0.4, -0.2) is 21.6 Å². The van der Waals surface area contributed by atoms with Crippen LogP contribution in [-0.2, 0) is 0 Å². The first kappa shape index (κ1) is 17.0. The molecule has 2 aromatic heterocycles. The van der Waals surface area contributed by atoms with E-state index in [1.807, 2.05) is 66.2 Å². The van der Waals surface area contributed by atoms with E-state index in [4.69, 9.17) is 19.8 Å². The van der Waals surface area contributed by atoms with Crippen LogP contribution in [0.1, 0.15) is 11.3 Å². The lowest BCUT2D eigenvalue weighted by atomic mass is 10.1. The third kappa shape index (κ3) is 3.09. The van der Waals surface area contributed by atoms with Crippen molar-refractivity contribution in [3.05, 3.63) is 78.0 Å². The molecule has 0 N–H and O–H groups in total. The van der Waals surface area contributed by atoms with E-state index < -0.39 is 0 Å². The number of nitriles is 1. The van der Waals surface area contributed by atoms with Crippen molar-refractivity contribution in [2.45, 2.75) is 6.92 Å². The van der Waals surface area contributed by atoms with E-state index in [1.54, 1.807) is 12.1 Å². The van der Waals surface area contributed by atoms with Crippen molar-refractivity contribution in [2.24, 2.45) is 0 Å². The van der Waals surface area contributed by atoms with Crippen LogP contribution in [0.2, 0.25) is 0 Å². The Bertz CT molecular complexity index is 1250. The van der Waals surface area contributed by atoms with Gasteiger partial charge < -0.3 is 9.47 Å². The molecule has 0 spiro atoms. The van der Waals surface area contributed by atoms with Crippen molar-refractivity contribution in [3.63, 3.8) is 0 Å². The summed E-state index contributed by atoms with van der Waals surface area (Å²) >= 11 is 0. The Morgan fingerprint density at radius 3 is 2.52 bits per heavy atom. The molecule has 0 fully saturated rings. The normalized spacial score (nSPS) is 12.0. The molecule has 140 valence electrons. The number of rotatable bonds is 3. The van der Waals surface area contributed by atoms with E-state index >= 15 is 0 Å². The maximum Gasteiger partial charge on any atom is 0.231 e. The summed E-state index contributed by atoms with van der Waals surface area (Å²) in [5, 5.41) is 13.9. The summed E-state index contributed by atoms with van der Waals surface area (Å²) in [4.78, 5) is 4.64. The lowest BCUT2D eigenvalue weighted by Gasteiger charge is -2.08. The molecule has 0 radical (unpaired) electrons. The third-order valence-corrected chi connectivity index (χ3v) is 4.78. The van der Waals surface area contributed by atoms with Gasteiger partial charge in [0.25, 0.3) is 0 Å². The lowest BCUT2D eigenvalue weighted by molar-refractivity contribution is 0.174. The molecule has 5 rings (SSSR count). The molecular formula is C23H16N4O2. The van der Waals surface area contributed by atoms with Crippen molar-refractivity contribution in [1.82, 2.24) is 14.8 Å². The van der Waals surface area contributed by atoms with Gasteiger partial charge in [-0.05, 0) is 55.5 Å². The smallest absolute Gasteiger partial charge is 0.231 e. The molecule has 0 amide bonds. The fourth-order valence-corrected chi connectivity index (χ4v) is 3.32. The second-order valence-electron chi connectivity index (χ2n) is 6.72. The fraction of sp³-hybridized carbons (Fsp3) is 0.0870. The molecule has 3 heterocycles. The number of ether oxygens (including phenoxy) is 2. The van der Waals surface area contributed by atoms with Gasteiger partial charge in [0.05, 0.1) is 23.0 Å². The summed E-state index contributed by atoms with van der Waals surface area (Å²) in [6, 6.07) is 23.2. The third-order valence-electron chi connectivity index (χ3n) is 4.78. The summed E-state index contributed by atoms with van der Waals surface area (Å²) in [5.74, 6) is 2.19. The van der Waals surface area contributed by atoms with Crippen LogP contribution in [0.15, 0.2) is 66.7 Å². The Labute approximate surface area is 167 Å². The summed E-state index contributed by atoms with van der Waals surface area (Å²) < 4.78 is 12.8. The van der Waals surface area contributed by atoms with Crippen molar-refractivity contribution < 1.29 is 9.47 Å². The quantitative estimate of drug-likeness (QED) is 0.523. The second kappa shape index (κ2) is 6.80. The van der Waals surface area contributed by atoms with E-state index in [-0.39, 0.29) is 6.79 Å². The van der Waals surface area contributed by atoms with E-state index in [0.29, 0.717) is 11.3 Å². The number of benzene rings is 2. The van der Waals surface area contributed by atoms with Crippen molar-refractivity contribution >= 4 is 0 Å². The number of hydrogen-bond acceptors (Lipinski definition) is 5. The zero-order valence-electron chi connectivity index (χ0n) is 15.7. The van der Waals surface area contributed by atoms with Gasteiger partial charge in [0.15, 0.2) is 17.3 Å². The fourth-order valence-electron chi connectivity index (χ4n) is 3.32. The Balaban J connectivity index is 1.67. The van der Waals surface area contributed by atoms with E-state index in [9.17, 15) is 0 Å². The SMILES string of the molecule is Cc1cccc(-n2nc(-c3ccc(C#N)cc3)cc2-c2ccc3c(c2)OCO3)n1. The zero-order valence-corrected chi connectivity index (χ0v) is 15.7. The van der Waals surface area contributed by atoms with Crippen LogP contribution >= 0.6 is 0 Å². The number of hydrogen-bond donors (Lipinski definition) is 0. The first-order valence-electron chi connectivity index (χ1n) is 9.16. The minimum Gasteiger partial charge on any atom is -0.454 e. The predicted molar refractivity (Wildman–Crippen MR) is 108 cm³/mol. The second-order valence-corrected chi connectivity index (χ2v) is 6.72. The number of aromatic nitrogens is 3. The van der Waals surface area contributed by atoms with Crippen molar-refractivity contribution in [2.75, 3.05) is 6.79 Å². The Morgan fingerprint density at radius 2 is 1.72 bits per heavy atom. The number of aryl methyl sites for hydroxylation is 1. The molecule has 0 atom stereocenters. The molecule has 0 unspecified atom stereocenters. The first-order valence-corrected chi connectivity index (χ1v) is 9.16. The standard InChI is InChI=1S/C23H16N4O2/c1-15-3-2-4-23(25-15)27-20(18-9-10-21-22(11-18)29-14-28-21)12-19(26-27)17-7-5-16(13-24)6-8-17/h2-12H,14H2,1H3. The van der Waals surface area contributed by atoms with E-state index in [2.05, 4.69) is 11.1 Å². The van der Waals surface area contributed by atoms with Gasteiger partial charge in [-0.2, -0.15) is 10.4 Å². The molecule has 0 aliphatic carbocycles. The highest BCUT2D eigenvalue weighted by molar-refractivity contribution is 5.72. The van der Waals surface area contributed by atoms with Crippen LogP contribution in [0.3, 0.4) is 0 Å². The van der Waals surface area contributed by atoms with Crippen LogP contribution < -0.4 is 9.47 Å². The number of fused-ring (bicyclic) bond motifs is 1. The summed E-state index contributed by atoms with van der Waals surface area (Å²) in [6.45, 7) is 2.18. The van der Waals surface area contributed by atoms with Crippen LogP contribution in [0.5, 0.6) is 11.5 Å². The average Bonchev–Trinajstić information content (AvgIpc) is 3.40. The lowest BCUT2D eigenvalue weighted by Crippen LogP contribution is -2.02. The molecule has 0 bridgehead atoms. The number of pyridine rings is 1. The minimum atomic E-state index is 0.230.